The van der Waals surface area contributed by atoms with E-state index in [1.165, 1.54) is 0 Å². The number of hydrogen-bond acceptors (Lipinski definition) is 2. The summed E-state index contributed by atoms with van der Waals surface area (Å²) in [4.78, 5) is 0. The van der Waals surface area contributed by atoms with Gasteiger partial charge < -0.3 is 10.8 Å². The predicted octanol–water partition coefficient (Wildman–Crippen LogP) is -0.132. The van der Waals surface area contributed by atoms with E-state index < -0.39 is 18.8 Å². The Morgan fingerprint density at radius 1 is 1.50 bits per heavy atom. The van der Waals surface area contributed by atoms with E-state index in [0.29, 0.717) is 0 Å². The summed E-state index contributed by atoms with van der Waals surface area (Å²) in [6.07, 6.45) is -6.93. The van der Waals surface area contributed by atoms with Gasteiger partial charge in [0.2, 0.25) is 0 Å². The van der Waals surface area contributed by atoms with Crippen molar-refractivity contribution in [3.63, 3.8) is 0 Å². The van der Waals surface area contributed by atoms with Gasteiger partial charge in [0.05, 0.1) is 0 Å². The molecule has 0 aromatic rings. The minimum atomic E-state index is -4.56. The molecule has 5 heteroatoms. The minimum Gasteiger partial charge on any atom is -0.382 e. The highest BCUT2D eigenvalue weighted by Crippen LogP contribution is 2.18. The first-order chi connectivity index (χ1) is 3.48. The van der Waals surface area contributed by atoms with Gasteiger partial charge in [-0.3, -0.25) is 0 Å². The lowest BCUT2D eigenvalue weighted by Gasteiger charge is -2.10. The molecule has 0 bridgehead atoms. The quantitative estimate of drug-likeness (QED) is 0.518. The molecule has 0 aliphatic heterocycles. The largest absolute Gasteiger partial charge is 0.415 e. The van der Waals surface area contributed by atoms with E-state index in [1.54, 1.807) is 0 Å². The molecular weight excluding hydrogens is 123 g/mol. The monoisotopic (exact) mass is 129 g/mol. The van der Waals surface area contributed by atoms with Crippen LogP contribution in [-0.4, -0.2) is 23.9 Å². The lowest BCUT2D eigenvalue weighted by atomic mass is 10.4. The Labute approximate surface area is 44.1 Å². The Bertz CT molecular complexity index is 71.4. The van der Waals surface area contributed by atoms with E-state index in [1.807, 2.05) is 0 Å². The van der Waals surface area contributed by atoms with Gasteiger partial charge in [0, 0.05) is 6.54 Å². The van der Waals surface area contributed by atoms with E-state index in [0.717, 1.165) is 0 Å². The van der Waals surface area contributed by atoms with Crippen molar-refractivity contribution in [2.45, 2.75) is 12.3 Å². The van der Waals surface area contributed by atoms with Crippen molar-refractivity contribution in [2.24, 2.45) is 5.73 Å². The average molecular weight is 129 g/mol. The number of nitrogens with two attached hydrogens (primary N) is 1. The molecule has 0 radical (unpaired) electrons. The van der Waals surface area contributed by atoms with Crippen molar-refractivity contribution < 1.29 is 18.3 Å². The lowest BCUT2D eigenvalue weighted by molar-refractivity contribution is -0.200. The van der Waals surface area contributed by atoms with Gasteiger partial charge in [-0.25, -0.2) is 0 Å². The number of aliphatic hydroxyl groups excluding tert-OH is 1. The number of aliphatic hydroxyl groups is 1. The van der Waals surface area contributed by atoms with Crippen LogP contribution in [0.2, 0.25) is 0 Å². The Kier molecular flexibility index (Phi) is 2.24. The molecule has 50 valence electrons. The standard InChI is InChI=1S/C3H6F3NO/c4-3(5,6)2(8)1-7/h2,8H,1,7H2/t2-/m1/s1. The Balaban J connectivity index is 3.62. The molecule has 3 N–H and O–H groups in total. The molecule has 1 atom stereocenters. The first kappa shape index (κ1) is 7.71. The predicted molar refractivity (Wildman–Crippen MR) is 21.1 cm³/mol. The van der Waals surface area contributed by atoms with Gasteiger partial charge in [-0.15, -0.1) is 0 Å². The third kappa shape index (κ3) is 2.13. The molecule has 0 heterocycles. The first-order valence-electron chi connectivity index (χ1n) is 1.93. The molecule has 0 aromatic carbocycles. The number of hydrogen-bond donors (Lipinski definition) is 2. The second-order valence-corrected chi connectivity index (χ2v) is 1.29. The van der Waals surface area contributed by atoms with Gasteiger partial charge in [-0.05, 0) is 0 Å². The van der Waals surface area contributed by atoms with Crippen LogP contribution in [0.25, 0.3) is 0 Å². The third-order valence-corrected chi connectivity index (χ3v) is 0.601. The van der Waals surface area contributed by atoms with Crippen molar-refractivity contribution in [3.8, 4) is 0 Å². The molecule has 0 spiro atoms. The Morgan fingerprint density at radius 2 is 1.88 bits per heavy atom. The van der Waals surface area contributed by atoms with Crippen molar-refractivity contribution in [3.05, 3.63) is 0 Å². The van der Waals surface area contributed by atoms with Crippen LogP contribution in [0, 0.1) is 0 Å². The van der Waals surface area contributed by atoms with Crippen LogP contribution >= 0.6 is 0 Å². The fourth-order valence-corrected chi connectivity index (χ4v) is 0.134. The van der Waals surface area contributed by atoms with E-state index in [-0.39, 0.29) is 0 Å². The maximum Gasteiger partial charge on any atom is 0.415 e. The Hall–Kier alpha value is -0.290. The van der Waals surface area contributed by atoms with E-state index in [9.17, 15) is 13.2 Å². The molecule has 0 saturated heterocycles. The van der Waals surface area contributed by atoms with Crippen molar-refractivity contribution >= 4 is 0 Å². The van der Waals surface area contributed by atoms with E-state index >= 15 is 0 Å². The second-order valence-electron chi connectivity index (χ2n) is 1.29. The van der Waals surface area contributed by atoms with Crippen LogP contribution < -0.4 is 5.73 Å². The highest BCUT2D eigenvalue weighted by Gasteiger charge is 2.36. The van der Waals surface area contributed by atoms with Crippen molar-refractivity contribution in [2.75, 3.05) is 6.54 Å². The molecule has 0 aromatic heterocycles. The molecule has 2 nitrogen and oxygen atoms in total. The topological polar surface area (TPSA) is 46.2 Å². The summed E-state index contributed by atoms with van der Waals surface area (Å²) in [7, 11) is 0. The van der Waals surface area contributed by atoms with Crippen molar-refractivity contribution in [1.29, 1.82) is 0 Å². The zero-order valence-corrected chi connectivity index (χ0v) is 3.94. The molecule has 0 amide bonds. The highest BCUT2D eigenvalue weighted by molar-refractivity contribution is 4.63. The third-order valence-electron chi connectivity index (χ3n) is 0.601. The molecule has 0 aliphatic rings. The summed E-state index contributed by atoms with van der Waals surface area (Å²) in [6, 6.07) is 0. The minimum absolute atomic E-state index is 0.774. The van der Waals surface area contributed by atoms with Crippen LogP contribution in [0.15, 0.2) is 0 Å². The average Bonchev–Trinajstić information content (AvgIpc) is 1.62. The van der Waals surface area contributed by atoms with Gasteiger partial charge in [-0.1, -0.05) is 0 Å². The van der Waals surface area contributed by atoms with Crippen LogP contribution in [0.1, 0.15) is 0 Å². The fraction of sp³-hybridized carbons (Fsp3) is 1.00. The maximum absolute atomic E-state index is 11.1. The second kappa shape index (κ2) is 2.32. The van der Waals surface area contributed by atoms with Gasteiger partial charge >= 0.3 is 6.18 Å². The molecule has 0 unspecified atom stereocenters. The number of alkyl halides is 3. The normalized spacial score (nSPS) is 16.1. The van der Waals surface area contributed by atoms with Gasteiger partial charge in [0.1, 0.15) is 0 Å². The summed E-state index contributed by atoms with van der Waals surface area (Å²) in [5.41, 5.74) is 4.49. The van der Waals surface area contributed by atoms with E-state index in [4.69, 9.17) is 5.11 Å². The van der Waals surface area contributed by atoms with Crippen LogP contribution in [0.3, 0.4) is 0 Å². The molecule has 0 fully saturated rings. The fourth-order valence-electron chi connectivity index (χ4n) is 0.134. The SMILES string of the molecule is NC[C@@H](O)C(F)(F)F. The summed E-state index contributed by atoms with van der Waals surface area (Å²) in [5.74, 6) is 0. The smallest absolute Gasteiger partial charge is 0.382 e. The zero-order valence-electron chi connectivity index (χ0n) is 3.94. The Morgan fingerprint density at radius 3 is 1.88 bits per heavy atom. The molecule has 0 aliphatic carbocycles. The van der Waals surface area contributed by atoms with Gasteiger partial charge in [0.15, 0.2) is 6.10 Å². The zero-order chi connectivity index (χ0) is 6.78. The van der Waals surface area contributed by atoms with E-state index in [2.05, 4.69) is 5.73 Å². The van der Waals surface area contributed by atoms with Crippen LogP contribution in [0.4, 0.5) is 13.2 Å². The summed E-state index contributed by atoms with van der Waals surface area (Å²) >= 11 is 0. The lowest BCUT2D eigenvalue weighted by Crippen LogP contribution is -2.35. The first-order valence-corrected chi connectivity index (χ1v) is 1.93. The molecular formula is C3H6F3NO. The maximum atomic E-state index is 11.1. The van der Waals surface area contributed by atoms with Gasteiger partial charge in [-0.2, -0.15) is 13.2 Å². The highest BCUT2D eigenvalue weighted by atomic mass is 19.4. The van der Waals surface area contributed by atoms with Gasteiger partial charge in [0.25, 0.3) is 0 Å². The van der Waals surface area contributed by atoms with Crippen LogP contribution in [0.5, 0.6) is 0 Å². The number of halogens is 3. The molecule has 0 rings (SSSR count). The molecule has 0 saturated carbocycles. The summed E-state index contributed by atoms with van der Waals surface area (Å²) < 4.78 is 33.4. The number of rotatable bonds is 1. The van der Waals surface area contributed by atoms with Crippen molar-refractivity contribution in [1.82, 2.24) is 0 Å². The molecule has 8 heavy (non-hydrogen) atoms. The van der Waals surface area contributed by atoms with Crippen LogP contribution in [-0.2, 0) is 0 Å². The summed E-state index contributed by atoms with van der Waals surface area (Å²) in [6.45, 7) is -0.774. The summed E-state index contributed by atoms with van der Waals surface area (Å²) in [5, 5.41) is 7.94.